The fourth-order valence-electron chi connectivity index (χ4n) is 4.03. The maximum atomic E-state index is 6.22. The van der Waals surface area contributed by atoms with Crippen LogP contribution in [0, 0.1) is 5.92 Å². The summed E-state index contributed by atoms with van der Waals surface area (Å²) in [7, 11) is 0. The Labute approximate surface area is 113 Å². The lowest BCUT2D eigenvalue weighted by Gasteiger charge is -2.45. The second-order valence-corrected chi connectivity index (χ2v) is 6.30. The van der Waals surface area contributed by atoms with Crippen molar-refractivity contribution in [2.75, 3.05) is 13.2 Å². The third-order valence-electron chi connectivity index (χ3n) is 4.93. The van der Waals surface area contributed by atoms with Crippen molar-refractivity contribution in [2.45, 2.75) is 83.3 Å². The first-order chi connectivity index (χ1) is 8.79. The molecule has 0 aromatic heterocycles. The zero-order valence-electron chi connectivity index (χ0n) is 12.3. The largest absolute Gasteiger partial charge is 0.375 e. The summed E-state index contributed by atoms with van der Waals surface area (Å²) >= 11 is 0. The van der Waals surface area contributed by atoms with E-state index in [1.165, 1.54) is 57.8 Å². The molecular weight excluding hydrogens is 222 g/mol. The Balaban J connectivity index is 1.95. The van der Waals surface area contributed by atoms with Crippen molar-refractivity contribution in [1.29, 1.82) is 0 Å². The molecule has 106 valence electrons. The van der Waals surface area contributed by atoms with E-state index in [4.69, 9.17) is 4.74 Å². The molecule has 2 heteroatoms. The van der Waals surface area contributed by atoms with Crippen LogP contribution in [0.15, 0.2) is 0 Å². The molecule has 0 aromatic carbocycles. The van der Waals surface area contributed by atoms with Gasteiger partial charge in [-0.3, -0.25) is 0 Å². The lowest BCUT2D eigenvalue weighted by atomic mass is 9.73. The van der Waals surface area contributed by atoms with Crippen molar-refractivity contribution >= 4 is 0 Å². The second kappa shape index (κ2) is 6.91. The standard InChI is InChI=1S/C16H31NO/c1-3-8-15(17-4-2)14-9-12-18-16(13-14)10-6-5-7-11-16/h14-15,17H,3-13H2,1-2H3. The van der Waals surface area contributed by atoms with Gasteiger partial charge >= 0.3 is 0 Å². The van der Waals surface area contributed by atoms with Crippen LogP contribution in [0.25, 0.3) is 0 Å². The van der Waals surface area contributed by atoms with E-state index in [2.05, 4.69) is 19.2 Å². The third kappa shape index (κ3) is 3.48. The first-order valence-corrected chi connectivity index (χ1v) is 8.17. The average molecular weight is 253 g/mol. The van der Waals surface area contributed by atoms with Crippen LogP contribution in [0.2, 0.25) is 0 Å². The van der Waals surface area contributed by atoms with Crippen molar-refractivity contribution in [3.8, 4) is 0 Å². The maximum Gasteiger partial charge on any atom is 0.0685 e. The van der Waals surface area contributed by atoms with Crippen molar-refractivity contribution in [3.63, 3.8) is 0 Å². The van der Waals surface area contributed by atoms with Gasteiger partial charge in [0.2, 0.25) is 0 Å². The van der Waals surface area contributed by atoms with Gasteiger partial charge in [-0.15, -0.1) is 0 Å². The second-order valence-electron chi connectivity index (χ2n) is 6.30. The van der Waals surface area contributed by atoms with E-state index in [-0.39, 0.29) is 5.60 Å². The van der Waals surface area contributed by atoms with Gasteiger partial charge in [-0.2, -0.15) is 0 Å². The van der Waals surface area contributed by atoms with E-state index >= 15 is 0 Å². The normalized spacial score (nSPS) is 29.3. The third-order valence-corrected chi connectivity index (χ3v) is 4.93. The number of hydrogen-bond acceptors (Lipinski definition) is 2. The predicted molar refractivity (Wildman–Crippen MR) is 76.9 cm³/mol. The molecule has 2 rings (SSSR count). The number of rotatable bonds is 5. The molecule has 0 bridgehead atoms. The number of ether oxygens (including phenoxy) is 1. The average Bonchev–Trinajstić information content (AvgIpc) is 2.39. The summed E-state index contributed by atoms with van der Waals surface area (Å²) in [4.78, 5) is 0. The number of hydrogen-bond donors (Lipinski definition) is 1. The van der Waals surface area contributed by atoms with Gasteiger partial charge in [-0.05, 0) is 44.6 Å². The van der Waals surface area contributed by atoms with Crippen LogP contribution in [-0.2, 0) is 4.74 Å². The molecule has 1 saturated carbocycles. The van der Waals surface area contributed by atoms with Gasteiger partial charge in [0, 0.05) is 12.6 Å². The molecule has 2 aliphatic rings. The van der Waals surface area contributed by atoms with Crippen LogP contribution in [0.3, 0.4) is 0 Å². The van der Waals surface area contributed by atoms with Gasteiger partial charge in [-0.1, -0.05) is 39.5 Å². The van der Waals surface area contributed by atoms with Gasteiger partial charge in [-0.25, -0.2) is 0 Å². The summed E-state index contributed by atoms with van der Waals surface area (Å²) in [5, 5.41) is 3.72. The molecule has 1 heterocycles. The summed E-state index contributed by atoms with van der Waals surface area (Å²) in [6.45, 7) is 6.64. The summed E-state index contributed by atoms with van der Waals surface area (Å²) in [5.41, 5.74) is 0.266. The quantitative estimate of drug-likeness (QED) is 0.802. The molecule has 1 saturated heterocycles. The fourth-order valence-corrected chi connectivity index (χ4v) is 4.03. The van der Waals surface area contributed by atoms with Crippen LogP contribution in [-0.4, -0.2) is 24.8 Å². The molecule has 1 spiro atoms. The molecule has 2 atom stereocenters. The molecule has 1 N–H and O–H groups in total. The molecule has 18 heavy (non-hydrogen) atoms. The van der Waals surface area contributed by atoms with Crippen molar-refractivity contribution in [1.82, 2.24) is 5.32 Å². The fraction of sp³-hybridized carbons (Fsp3) is 1.00. The highest BCUT2D eigenvalue weighted by molar-refractivity contribution is 4.92. The zero-order chi connectivity index (χ0) is 12.8. The first kappa shape index (κ1) is 14.3. The van der Waals surface area contributed by atoms with Crippen LogP contribution < -0.4 is 5.32 Å². The lowest BCUT2D eigenvalue weighted by Crippen LogP contribution is -2.47. The minimum absolute atomic E-state index is 0.266. The van der Waals surface area contributed by atoms with Crippen molar-refractivity contribution in [3.05, 3.63) is 0 Å². The molecule has 2 nitrogen and oxygen atoms in total. The van der Waals surface area contributed by atoms with Crippen molar-refractivity contribution < 1.29 is 4.74 Å². The van der Waals surface area contributed by atoms with E-state index in [1.807, 2.05) is 0 Å². The highest BCUT2D eigenvalue weighted by Gasteiger charge is 2.40. The summed E-state index contributed by atoms with van der Waals surface area (Å²) in [5.74, 6) is 0.844. The Bertz CT molecular complexity index is 224. The minimum Gasteiger partial charge on any atom is -0.375 e. The Morgan fingerprint density at radius 1 is 1.22 bits per heavy atom. The van der Waals surface area contributed by atoms with E-state index in [0.717, 1.165) is 25.1 Å². The van der Waals surface area contributed by atoms with Gasteiger partial charge in [0.05, 0.1) is 5.60 Å². The van der Waals surface area contributed by atoms with Crippen molar-refractivity contribution in [2.24, 2.45) is 5.92 Å². The summed E-state index contributed by atoms with van der Waals surface area (Å²) in [6.07, 6.45) is 12.0. The van der Waals surface area contributed by atoms with Crippen LogP contribution in [0.1, 0.15) is 71.6 Å². The molecule has 1 aliphatic carbocycles. The maximum absolute atomic E-state index is 6.22. The summed E-state index contributed by atoms with van der Waals surface area (Å²) < 4.78 is 6.22. The van der Waals surface area contributed by atoms with Crippen LogP contribution >= 0.6 is 0 Å². The number of nitrogens with one attached hydrogen (secondary N) is 1. The van der Waals surface area contributed by atoms with Gasteiger partial charge in [0.1, 0.15) is 0 Å². The molecular formula is C16H31NO. The van der Waals surface area contributed by atoms with E-state index in [9.17, 15) is 0 Å². The smallest absolute Gasteiger partial charge is 0.0685 e. The van der Waals surface area contributed by atoms with Gasteiger partial charge in [0.15, 0.2) is 0 Å². The van der Waals surface area contributed by atoms with Crippen LogP contribution in [0.5, 0.6) is 0 Å². The lowest BCUT2D eigenvalue weighted by molar-refractivity contribution is -0.122. The first-order valence-electron chi connectivity index (χ1n) is 8.17. The zero-order valence-corrected chi connectivity index (χ0v) is 12.3. The summed E-state index contributed by atoms with van der Waals surface area (Å²) in [6, 6.07) is 0.725. The topological polar surface area (TPSA) is 21.3 Å². The Kier molecular flexibility index (Phi) is 5.50. The van der Waals surface area contributed by atoms with Gasteiger partial charge in [0.25, 0.3) is 0 Å². The highest BCUT2D eigenvalue weighted by atomic mass is 16.5. The molecule has 2 unspecified atom stereocenters. The van der Waals surface area contributed by atoms with Gasteiger partial charge < -0.3 is 10.1 Å². The molecule has 0 aromatic rings. The van der Waals surface area contributed by atoms with E-state index in [0.29, 0.717) is 0 Å². The minimum atomic E-state index is 0.266. The van der Waals surface area contributed by atoms with Crippen LogP contribution in [0.4, 0.5) is 0 Å². The monoisotopic (exact) mass is 253 g/mol. The Morgan fingerprint density at radius 3 is 2.67 bits per heavy atom. The molecule has 0 radical (unpaired) electrons. The SMILES string of the molecule is CCCC(NCC)C1CCOC2(CCCCC2)C1. The predicted octanol–water partition coefficient (Wildman–Crippen LogP) is 3.89. The molecule has 2 fully saturated rings. The molecule has 0 amide bonds. The Hall–Kier alpha value is -0.0800. The highest BCUT2D eigenvalue weighted by Crippen LogP contribution is 2.41. The Morgan fingerprint density at radius 2 is 2.00 bits per heavy atom. The molecule has 1 aliphatic heterocycles. The van der Waals surface area contributed by atoms with E-state index < -0.39 is 0 Å². The van der Waals surface area contributed by atoms with E-state index in [1.54, 1.807) is 0 Å².